The van der Waals surface area contributed by atoms with Gasteiger partial charge in [0.05, 0.1) is 37.6 Å². The lowest BCUT2D eigenvalue weighted by atomic mass is 10.1. The number of hydrogen-bond acceptors (Lipinski definition) is 9. The molecule has 2 aromatic carbocycles. The molecule has 0 aliphatic heterocycles. The lowest BCUT2D eigenvalue weighted by Crippen LogP contribution is -2.39. The first-order valence-corrected chi connectivity index (χ1v) is 15.8. The van der Waals surface area contributed by atoms with Crippen LogP contribution in [0.4, 0.5) is 26.3 Å². The predicted octanol–water partition coefficient (Wildman–Crippen LogP) is 6.41. The van der Waals surface area contributed by atoms with Gasteiger partial charge in [-0.05, 0) is 60.7 Å². The number of benzene rings is 2. The number of carbonyl (C=O) groups excluding carboxylic acids is 2. The van der Waals surface area contributed by atoms with Crippen molar-refractivity contribution in [3.63, 3.8) is 0 Å². The molecule has 0 aliphatic rings. The predicted molar refractivity (Wildman–Crippen MR) is 178 cm³/mol. The standard InChI is InChI=1S/C35H25F6N9O4/c1-53-22-7-3-19(4-8-22)24-13-28(34(36,37)38)49-30(44-24)15-26(46-49)32(51)48(12-11-21-17-42-18-43-21)33(52)27-16-31-45-25(20-5-9-23(54-2)10-6-20)14-29(35(39,40)41)50(31)47-27/h3-10,13-18H,11-12H2,1-2H3,(H,42,43). The van der Waals surface area contributed by atoms with Crippen LogP contribution in [-0.4, -0.2) is 76.6 Å². The average molecular weight is 750 g/mol. The van der Waals surface area contributed by atoms with Gasteiger partial charge in [0.1, 0.15) is 11.5 Å². The third kappa shape index (κ3) is 6.89. The molecule has 0 aliphatic carbocycles. The van der Waals surface area contributed by atoms with Crippen LogP contribution >= 0.6 is 0 Å². The van der Waals surface area contributed by atoms with Crippen molar-refractivity contribution >= 4 is 23.1 Å². The number of H-pyrrole nitrogens is 1. The van der Waals surface area contributed by atoms with Crippen LogP contribution in [0.2, 0.25) is 0 Å². The summed E-state index contributed by atoms with van der Waals surface area (Å²) in [6.45, 7) is -0.405. The first-order chi connectivity index (χ1) is 25.7. The van der Waals surface area contributed by atoms with E-state index in [1.807, 2.05) is 0 Å². The molecule has 7 aromatic rings. The van der Waals surface area contributed by atoms with Crippen molar-refractivity contribution in [2.45, 2.75) is 18.8 Å². The smallest absolute Gasteiger partial charge is 0.433 e. The first-order valence-electron chi connectivity index (χ1n) is 15.8. The summed E-state index contributed by atoms with van der Waals surface area (Å²) >= 11 is 0. The van der Waals surface area contributed by atoms with E-state index in [2.05, 4.69) is 30.1 Å². The maximum atomic E-state index is 14.3. The van der Waals surface area contributed by atoms with Crippen LogP contribution < -0.4 is 9.47 Å². The van der Waals surface area contributed by atoms with Crippen molar-refractivity contribution in [2.75, 3.05) is 20.8 Å². The number of nitrogens with zero attached hydrogens (tertiary/aromatic N) is 8. The fourth-order valence-electron chi connectivity index (χ4n) is 5.61. The zero-order valence-electron chi connectivity index (χ0n) is 28.0. The summed E-state index contributed by atoms with van der Waals surface area (Å²) in [7, 11) is 2.86. The lowest BCUT2D eigenvalue weighted by Gasteiger charge is -2.18. The van der Waals surface area contributed by atoms with Crippen molar-refractivity contribution in [2.24, 2.45) is 0 Å². The summed E-state index contributed by atoms with van der Waals surface area (Å²) in [6.07, 6.45) is -7.10. The van der Waals surface area contributed by atoms with Crippen molar-refractivity contribution < 1.29 is 45.4 Å². The Labute approximate surface area is 299 Å². The Balaban J connectivity index is 1.30. The number of hydrogen-bond donors (Lipinski definition) is 1. The zero-order chi connectivity index (χ0) is 38.4. The van der Waals surface area contributed by atoms with E-state index >= 15 is 0 Å². The SMILES string of the molecule is COc1ccc(-c2cc(C(F)(F)F)n3nc(C(=O)N(CCc4c[nH]cn4)C(=O)c4cc5nc(-c6ccc(OC)cc6)cc(C(F)(F)F)n5n4)cc3n2)cc1. The second-order valence-electron chi connectivity index (χ2n) is 11.7. The Morgan fingerprint density at radius 2 is 1.15 bits per heavy atom. The van der Waals surface area contributed by atoms with E-state index < -0.39 is 53.5 Å². The molecule has 0 atom stereocenters. The summed E-state index contributed by atoms with van der Waals surface area (Å²) in [6, 6.07) is 15.6. The van der Waals surface area contributed by atoms with Gasteiger partial charge in [0.2, 0.25) is 0 Å². The lowest BCUT2D eigenvalue weighted by molar-refractivity contribution is -0.143. The van der Waals surface area contributed by atoms with Crippen LogP contribution in [-0.2, 0) is 18.8 Å². The second kappa shape index (κ2) is 13.6. The Kier molecular flexibility index (Phi) is 8.99. The highest BCUT2D eigenvalue weighted by Gasteiger charge is 2.38. The average Bonchev–Trinajstić information content (AvgIpc) is 3.93. The van der Waals surface area contributed by atoms with Crippen molar-refractivity contribution in [1.82, 2.24) is 44.1 Å². The third-order valence-electron chi connectivity index (χ3n) is 8.28. The fourth-order valence-corrected chi connectivity index (χ4v) is 5.61. The zero-order valence-corrected chi connectivity index (χ0v) is 28.0. The molecular weight excluding hydrogens is 724 g/mol. The molecular formula is C35H25F6N9O4. The molecule has 0 radical (unpaired) electrons. The number of halogens is 6. The number of ether oxygens (including phenoxy) is 2. The largest absolute Gasteiger partial charge is 0.497 e. The molecule has 19 heteroatoms. The number of imide groups is 1. The number of imidazole rings is 1. The van der Waals surface area contributed by atoms with Crippen LogP contribution in [0.5, 0.6) is 11.5 Å². The molecule has 2 amide bonds. The third-order valence-corrected chi connectivity index (χ3v) is 8.28. The molecule has 0 spiro atoms. The molecule has 276 valence electrons. The normalized spacial score (nSPS) is 12.0. The van der Waals surface area contributed by atoms with E-state index in [1.54, 1.807) is 0 Å². The van der Waals surface area contributed by atoms with E-state index in [1.165, 1.54) is 75.3 Å². The van der Waals surface area contributed by atoms with Crippen LogP contribution in [0.3, 0.4) is 0 Å². The van der Waals surface area contributed by atoms with Crippen LogP contribution in [0.1, 0.15) is 38.1 Å². The first kappa shape index (κ1) is 35.6. The minimum atomic E-state index is -4.95. The van der Waals surface area contributed by atoms with Crippen LogP contribution in [0.25, 0.3) is 33.8 Å². The Bertz CT molecular complexity index is 2340. The van der Waals surface area contributed by atoms with Gasteiger partial charge in [0.25, 0.3) is 11.8 Å². The molecule has 0 saturated heterocycles. The Morgan fingerprint density at radius 3 is 1.52 bits per heavy atom. The van der Waals surface area contributed by atoms with Gasteiger partial charge in [-0.15, -0.1) is 0 Å². The minimum Gasteiger partial charge on any atom is -0.497 e. The number of aromatic nitrogens is 8. The number of fused-ring (bicyclic) bond motifs is 2. The summed E-state index contributed by atoms with van der Waals surface area (Å²) in [5.74, 6) is -1.41. The van der Waals surface area contributed by atoms with Gasteiger partial charge in [0, 0.05) is 42.4 Å². The van der Waals surface area contributed by atoms with Gasteiger partial charge in [-0.3, -0.25) is 14.5 Å². The van der Waals surface area contributed by atoms with Crippen molar-refractivity contribution in [1.29, 1.82) is 0 Å². The number of carbonyl (C=O) groups is 2. The highest BCUT2D eigenvalue weighted by Crippen LogP contribution is 2.34. The van der Waals surface area contributed by atoms with Gasteiger partial charge in [-0.1, -0.05) is 0 Å². The van der Waals surface area contributed by atoms with Crippen molar-refractivity contribution in [3.8, 4) is 34.0 Å². The van der Waals surface area contributed by atoms with Crippen molar-refractivity contribution in [3.05, 3.63) is 114 Å². The molecule has 7 rings (SSSR count). The van der Waals surface area contributed by atoms with Gasteiger partial charge in [0.15, 0.2) is 34.1 Å². The Hall–Kier alpha value is -6.79. The molecule has 0 unspecified atom stereocenters. The van der Waals surface area contributed by atoms with Gasteiger partial charge >= 0.3 is 12.4 Å². The second-order valence-corrected chi connectivity index (χ2v) is 11.7. The number of alkyl halides is 6. The monoisotopic (exact) mass is 749 g/mol. The molecule has 54 heavy (non-hydrogen) atoms. The van der Waals surface area contributed by atoms with E-state index in [9.17, 15) is 35.9 Å². The highest BCUT2D eigenvalue weighted by molar-refractivity contribution is 6.09. The molecule has 13 nitrogen and oxygen atoms in total. The van der Waals surface area contributed by atoms with E-state index in [0.29, 0.717) is 42.3 Å². The highest BCUT2D eigenvalue weighted by atomic mass is 19.4. The number of methoxy groups -OCH3 is 2. The van der Waals surface area contributed by atoms with E-state index in [4.69, 9.17) is 9.47 Å². The molecule has 5 heterocycles. The molecule has 1 N–H and O–H groups in total. The summed E-state index contributed by atoms with van der Waals surface area (Å²) in [4.78, 5) is 44.1. The molecule has 0 fully saturated rings. The number of aromatic amines is 1. The summed E-state index contributed by atoms with van der Waals surface area (Å²) in [5, 5.41) is 7.77. The number of rotatable bonds is 9. The topological polar surface area (TPSA) is 145 Å². The fraction of sp³-hybridized carbons (Fsp3) is 0.171. The molecule has 0 saturated carbocycles. The number of amides is 2. The maximum absolute atomic E-state index is 14.3. The van der Waals surface area contributed by atoms with Crippen LogP contribution in [0.15, 0.2) is 85.3 Å². The van der Waals surface area contributed by atoms with Gasteiger partial charge in [-0.25, -0.2) is 24.0 Å². The quantitative estimate of drug-likeness (QED) is 0.131. The van der Waals surface area contributed by atoms with Gasteiger partial charge in [-0.2, -0.15) is 36.5 Å². The maximum Gasteiger partial charge on any atom is 0.433 e. The summed E-state index contributed by atoms with van der Waals surface area (Å²) < 4.78 is 97.2. The molecule has 5 aromatic heterocycles. The summed E-state index contributed by atoms with van der Waals surface area (Å²) in [5.41, 5.74) is -3.61. The van der Waals surface area contributed by atoms with E-state index in [0.717, 1.165) is 24.3 Å². The Morgan fingerprint density at radius 1 is 0.704 bits per heavy atom. The number of nitrogens with one attached hydrogen (secondary N) is 1. The van der Waals surface area contributed by atoms with E-state index in [-0.39, 0.29) is 29.1 Å². The molecule has 0 bridgehead atoms. The van der Waals surface area contributed by atoms with Crippen LogP contribution in [0, 0.1) is 0 Å². The van der Waals surface area contributed by atoms with Gasteiger partial charge < -0.3 is 14.5 Å². The minimum absolute atomic E-state index is 0.0386.